The fraction of sp³-hybridized carbons (Fsp3) is 0.706. The molecule has 0 saturated heterocycles. The number of hydrogen-bond acceptors (Lipinski definition) is 3. The van der Waals surface area contributed by atoms with Crippen LogP contribution in [0.4, 0.5) is 0 Å². The Morgan fingerprint density at radius 3 is 2.57 bits per heavy atom. The predicted molar refractivity (Wildman–Crippen MR) is 87.2 cm³/mol. The molecule has 1 saturated carbocycles. The maximum absolute atomic E-state index is 13.2. The van der Waals surface area contributed by atoms with Crippen LogP contribution in [0, 0.1) is 11.3 Å². The summed E-state index contributed by atoms with van der Waals surface area (Å²) >= 11 is 1.84. The van der Waals surface area contributed by atoms with Gasteiger partial charge in [0.25, 0.3) is 0 Å². The summed E-state index contributed by atoms with van der Waals surface area (Å²) in [6, 6.07) is 2.51. The normalized spacial score (nSPS) is 23.1. The van der Waals surface area contributed by atoms with Crippen LogP contribution in [0.25, 0.3) is 0 Å². The van der Waals surface area contributed by atoms with E-state index in [1.165, 1.54) is 23.3 Å². The lowest BCUT2D eigenvalue weighted by Gasteiger charge is -2.45. The van der Waals surface area contributed by atoms with Gasteiger partial charge in [-0.1, -0.05) is 0 Å². The van der Waals surface area contributed by atoms with Gasteiger partial charge in [0.1, 0.15) is 0 Å². The minimum Gasteiger partial charge on any atom is -0.334 e. The lowest BCUT2D eigenvalue weighted by molar-refractivity contribution is -0.147. The van der Waals surface area contributed by atoms with E-state index in [9.17, 15) is 4.79 Å². The van der Waals surface area contributed by atoms with E-state index in [1.807, 2.05) is 39.0 Å². The molecule has 4 heteroatoms. The molecule has 2 N–H and O–H groups in total. The van der Waals surface area contributed by atoms with Crippen LogP contribution in [0.3, 0.4) is 0 Å². The number of fused-ring (bicyclic) bond motifs is 1. The number of nitrogens with two attached hydrogens (primary N) is 1. The van der Waals surface area contributed by atoms with Crippen LogP contribution in [-0.4, -0.2) is 22.9 Å². The average molecular weight is 306 g/mol. The van der Waals surface area contributed by atoms with Crippen molar-refractivity contribution in [2.75, 3.05) is 6.54 Å². The van der Waals surface area contributed by atoms with Crippen molar-refractivity contribution in [2.24, 2.45) is 17.1 Å². The summed E-state index contributed by atoms with van der Waals surface area (Å²) in [5.74, 6) is 0.864. The van der Waals surface area contributed by atoms with Crippen LogP contribution in [0.2, 0.25) is 0 Å². The second-order valence-corrected chi connectivity index (χ2v) is 8.68. The van der Waals surface area contributed by atoms with Gasteiger partial charge in [-0.15, -0.1) is 11.3 Å². The molecule has 1 fully saturated rings. The summed E-state index contributed by atoms with van der Waals surface area (Å²) in [6.45, 7) is 8.73. The standard InChI is InChI=1S/C17H26N2OS/c1-16(2,17(3,4)18)15(20)19-9-7-13-12(8-10-21-13)14(19)11-5-6-11/h8,10-11,14H,5-7,9,18H2,1-4H3. The first-order valence-electron chi connectivity index (χ1n) is 7.89. The molecule has 116 valence electrons. The van der Waals surface area contributed by atoms with E-state index in [4.69, 9.17) is 5.73 Å². The van der Waals surface area contributed by atoms with Gasteiger partial charge in [-0.2, -0.15) is 0 Å². The van der Waals surface area contributed by atoms with Crippen molar-refractivity contribution in [3.05, 3.63) is 21.9 Å². The Morgan fingerprint density at radius 2 is 2.00 bits per heavy atom. The summed E-state index contributed by atoms with van der Waals surface area (Å²) in [4.78, 5) is 16.8. The Labute approximate surface area is 131 Å². The van der Waals surface area contributed by atoms with E-state index in [-0.39, 0.29) is 11.9 Å². The lowest BCUT2D eigenvalue weighted by atomic mass is 9.73. The molecule has 1 aromatic rings. The molecule has 2 heterocycles. The van der Waals surface area contributed by atoms with E-state index >= 15 is 0 Å². The number of nitrogens with zero attached hydrogens (tertiary/aromatic N) is 1. The first-order chi connectivity index (χ1) is 9.73. The van der Waals surface area contributed by atoms with E-state index in [0.29, 0.717) is 5.92 Å². The molecule has 21 heavy (non-hydrogen) atoms. The number of carbonyl (C=O) groups excluding carboxylic acids is 1. The number of rotatable bonds is 3. The highest BCUT2D eigenvalue weighted by molar-refractivity contribution is 7.10. The number of thiophene rings is 1. The number of carbonyl (C=O) groups is 1. The van der Waals surface area contributed by atoms with Crippen molar-refractivity contribution in [1.29, 1.82) is 0 Å². The van der Waals surface area contributed by atoms with E-state index in [1.54, 1.807) is 0 Å². The molecule has 1 aliphatic heterocycles. The van der Waals surface area contributed by atoms with Gasteiger partial charge in [0.05, 0.1) is 11.5 Å². The van der Waals surface area contributed by atoms with Crippen molar-refractivity contribution in [1.82, 2.24) is 4.90 Å². The highest BCUT2D eigenvalue weighted by Gasteiger charge is 2.48. The zero-order chi connectivity index (χ0) is 15.4. The van der Waals surface area contributed by atoms with Crippen molar-refractivity contribution in [3.63, 3.8) is 0 Å². The highest BCUT2D eigenvalue weighted by Crippen LogP contribution is 2.49. The van der Waals surface area contributed by atoms with Gasteiger partial charge in [0.2, 0.25) is 5.91 Å². The second kappa shape index (κ2) is 4.82. The average Bonchev–Trinajstić information content (AvgIpc) is 3.12. The fourth-order valence-electron chi connectivity index (χ4n) is 3.13. The van der Waals surface area contributed by atoms with Crippen molar-refractivity contribution in [2.45, 2.75) is 58.5 Å². The first-order valence-corrected chi connectivity index (χ1v) is 8.77. The summed E-state index contributed by atoms with van der Waals surface area (Å²) in [7, 11) is 0. The van der Waals surface area contributed by atoms with Gasteiger partial charge in [0.15, 0.2) is 0 Å². The van der Waals surface area contributed by atoms with Crippen LogP contribution < -0.4 is 5.73 Å². The van der Waals surface area contributed by atoms with E-state index < -0.39 is 11.0 Å². The molecule has 3 nitrogen and oxygen atoms in total. The van der Waals surface area contributed by atoms with Gasteiger partial charge >= 0.3 is 0 Å². The molecule has 1 atom stereocenters. The molecule has 3 rings (SSSR count). The van der Waals surface area contributed by atoms with Gasteiger partial charge < -0.3 is 10.6 Å². The third-order valence-electron chi connectivity index (χ3n) is 5.49. The molecule has 1 amide bonds. The molecule has 1 aliphatic carbocycles. The maximum Gasteiger partial charge on any atom is 0.230 e. The van der Waals surface area contributed by atoms with E-state index in [2.05, 4.69) is 16.3 Å². The summed E-state index contributed by atoms with van der Waals surface area (Å²) in [5, 5.41) is 2.17. The Hall–Kier alpha value is -0.870. The molecular formula is C17H26N2OS. The summed E-state index contributed by atoms with van der Waals surface area (Å²) in [6.07, 6.45) is 3.48. The van der Waals surface area contributed by atoms with Crippen LogP contribution >= 0.6 is 11.3 Å². The van der Waals surface area contributed by atoms with Crippen LogP contribution in [-0.2, 0) is 11.2 Å². The van der Waals surface area contributed by atoms with Gasteiger partial charge in [-0.05, 0) is 69.9 Å². The second-order valence-electron chi connectivity index (χ2n) is 7.68. The monoisotopic (exact) mass is 306 g/mol. The van der Waals surface area contributed by atoms with Crippen LogP contribution in [0.1, 0.15) is 57.0 Å². The Balaban J connectivity index is 1.93. The lowest BCUT2D eigenvalue weighted by Crippen LogP contribution is -2.58. The number of hydrogen-bond donors (Lipinski definition) is 1. The van der Waals surface area contributed by atoms with Crippen LogP contribution in [0.15, 0.2) is 11.4 Å². The fourth-order valence-corrected chi connectivity index (χ4v) is 4.04. The predicted octanol–water partition coefficient (Wildman–Crippen LogP) is 3.35. The van der Waals surface area contributed by atoms with Crippen molar-refractivity contribution >= 4 is 17.2 Å². The third-order valence-corrected chi connectivity index (χ3v) is 6.49. The highest BCUT2D eigenvalue weighted by atomic mass is 32.1. The topological polar surface area (TPSA) is 46.3 Å². The quantitative estimate of drug-likeness (QED) is 0.931. The molecule has 1 aromatic heterocycles. The SMILES string of the molecule is CC(C)(N)C(C)(C)C(=O)N1CCc2sccc2C1C1CC1. The molecule has 0 aromatic carbocycles. The summed E-state index contributed by atoms with van der Waals surface area (Å²) in [5.41, 5.74) is 6.61. The van der Waals surface area contributed by atoms with Crippen LogP contribution in [0.5, 0.6) is 0 Å². The minimum atomic E-state index is -0.548. The third kappa shape index (κ3) is 2.42. The molecule has 2 aliphatic rings. The molecule has 0 radical (unpaired) electrons. The minimum absolute atomic E-state index is 0.212. The largest absolute Gasteiger partial charge is 0.334 e. The Kier molecular flexibility index (Phi) is 3.45. The van der Waals surface area contributed by atoms with Gasteiger partial charge in [-0.3, -0.25) is 4.79 Å². The molecule has 0 spiro atoms. The molecule has 0 bridgehead atoms. The van der Waals surface area contributed by atoms with E-state index in [0.717, 1.165) is 13.0 Å². The molecule has 1 unspecified atom stereocenters. The number of amides is 1. The van der Waals surface area contributed by atoms with Crippen molar-refractivity contribution in [3.8, 4) is 0 Å². The van der Waals surface area contributed by atoms with Gasteiger partial charge in [-0.25, -0.2) is 0 Å². The Morgan fingerprint density at radius 1 is 1.33 bits per heavy atom. The van der Waals surface area contributed by atoms with Gasteiger partial charge in [0, 0.05) is 17.0 Å². The Bertz CT molecular complexity index is 551. The zero-order valence-electron chi connectivity index (χ0n) is 13.5. The smallest absolute Gasteiger partial charge is 0.230 e. The maximum atomic E-state index is 13.2. The summed E-state index contributed by atoms with van der Waals surface area (Å²) < 4.78 is 0. The van der Waals surface area contributed by atoms with Crippen molar-refractivity contribution < 1.29 is 4.79 Å². The first kappa shape index (κ1) is 15.0. The zero-order valence-corrected chi connectivity index (χ0v) is 14.3. The molecular weight excluding hydrogens is 280 g/mol.